The lowest BCUT2D eigenvalue weighted by atomic mass is 9.81. The molecule has 0 saturated heterocycles. The minimum atomic E-state index is -0.811. The fourth-order valence-electron chi connectivity index (χ4n) is 3.13. The van der Waals surface area contributed by atoms with Gasteiger partial charge < -0.3 is 5.11 Å². The molecule has 2 rings (SSSR count). The number of hydrogen-bond donors (Lipinski definition) is 1. The number of carbonyl (C=O) groups is 1. The first-order valence-electron chi connectivity index (χ1n) is 7.78. The third kappa shape index (κ3) is 3.80. The zero-order valence-corrected chi connectivity index (χ0v) is 13.4. The third-order valence-corrected chi connectivity index (χ3v) is 4.56. The number of carboxylic acids is 1. The van der Waals surface area contributed by atoms with Crippen molar-refractivity contribution >= 4 is 5.97 Å². The zero-order valence-electron chi connectivity index (χ0n) is 13.4. The molecule has 1 N–H and O–H groups in total. The summed E-state index contributed by atoms with van der Waals surface area (Å²) in [5.74, 6) is 1.18. The van der Waals surface area contributed by atoms with E-state index in [4.69, 9.17) is 0 Å². The molecule has 1 saturated carbocycles. The van der Waals surface area contributed by atoms with Crippen molar-refractivity contribution in [2.75, 3.05) is 0 Å². The van der Waals surface area contributed by atoms with Crippen molar-refractivity contribution in [1.82, 2.24) is 20.2 Å². The van der Waals surface area contributed by atoms with Crippen molar-refractivity contribution < 1.29 is 9.90 Å². The van der Waals surface area contributed by atoms with Gasteiger partial charge in [-0.3, -0.25) is 4.79 Å². The van der Waals surface area contributed by atoms with Gasteiger partial charge in [-0.1, -0.05) is 40.5 Å². The molecule has 1 fully saturated rings. The van der Waals surface area contributed by atoms with Crippen molar-refractivity contribution in [2.24, 2.45) is 11.3 Å². The molecule has 1 atom stereocenters. The van der Waals surface area contributed by atoms with Crippen molar-refractivity contribution in [2.45, 2.75) is 71.8 Å². The topological polar surface area (TPSA) is 80.9 Å². The van der Waals surface area contributed by atoms with Gasteiger partial charge in [0.25, 0.3) is 0 Å². The molecule has 118 valence electrons. The maximum atomic E-state index is 11.2. The molecule has 1 aliphatic rings. The quantitative estimate of drug-likeness (QED) is 0.923. The van der Waals surface area contributed by atoms with Gasteiger partial charge in [-0.25, -0.2) is 4.68 Å². The largest absolute Gasteiger partial charge is 0.481 e. The first-order valence-corrected chi connectivity index (χ1v) is 7.78. The number of aliphatic carboxylic acids is 1. The molecular formula is C15H26N4O2. The van der Waals surface area contributed by atoms with Crippen LogP contribution in [0.4, 0.5) is 0 Å². The summed E-state index contributed by atoms with van der Waals surface area (Å²) >= 11 is 0. The molecule has 0 spiro atoms. The van der Waals surface area contributed by atoms with Crippen LogP contribution in [-0.4, -0.2) is 31.3 Å². The van der Waals surface area contributed by atoms with Gasteiger partial charge in [0, 0.05) is 5.92 Å². The first-order chi connectivity index (χ1) is 9.79. The van der Waals surface area contributed by atoms with Gasteiger partial charge in [0.15, 0.2) is 5.82 Å². The Kier molecular flexibility index (Phi) is 4.64. The van der Waals surface area contributed by atoms with E-state index in [1.54, 1.807) is 4.68 Å². The van der Waals surface area contributed by atoms with Crippen molar-refractivity contribution in [3.05, 3.63) is 5.82 Å². The van der Waals surface area contributed by atoms with Crippen LogP contribution in [-0.2, 0) is 4.79 Å². The van der Waals surface area contributed by atoms with Crippen LogP contribution in [0.25, 0.3) is 0 Å². The Bertz CT molecular complexity index is 484. The van der Waals surface area contributed by atoms with Crippen LogP contribution in [0.5, 0.6) is 0 Å². The molecular weight excluding hydrogens is 268 g/mol. The van der Waals surface area contributed by atoms with E-state index in [0.29, 0.717) is 5.92 Å². The van der Waals surface area contributed by atoms with Crippen LogP contribution in [0.15, 0.2) is 0 Å². The molecule has 6 nitrogen and oxygen atoms in total. The molecule has 1 unspecified atom stereocenters. The predicted molar refractivity (Wildman–Crippen MR) is 78.9 cm³/mol. The average molecular weight is 294 g/mol. The van der Waals surface area contributed by atoms with Gasteiger partial charge in [-0.05, 0) is 34.6 Å². The van der Waals surface area contributed by atoms with Crippen molar-refractivity contribution in [3.63, 3.8) is 0 Å². The number of hydrogen-bond acceptors (Lipinski definition) is 4. The fraction of sp³-hybridized carbons (Fsp3) is 0.867. The molecule has 1 aromatic heterocycles. The van der Waals surface area contributed by atoms with E-state index in [2.05, 4.69) is 22.4 Å². The molecule has 21 heavy (non-hydrogen) atoms. The van der Waals surface area contributed by atoms with Crippen LogP contribution in [0, 0.1) is 11.3 Å². The highest BCUT2D eigenvalue weighted by Crippen LogP contribution is 2.38. The Morgan fingerprint density at radius 1 is 1.33 bits per heavy atom. The molecule has 6 heteroatoms. The highest BCUT2D eigenvalue weighted by atomic mass is 16.4. The smallest absolute Gasteiger partial charge is 0.305 e. The second-order valence-corrected chi connectivity index (χ2v) is 7.42. The van der Waals surface area contributed by atoms with Crippen LogP contribution < -0.4 is 0 Å². The van der Waals surface area contributed by atoms with Crippen LogP contribution in [0.3, 0.4) is 0 Å². The van der Waals surface area contributed by atoms with Gasteiger partial charge in [0.05, 0.1) is 12.5 Å². The monoisotopic (exact) mass is 294 g/mol. The molecule has 1 aliphatic carbocycles. The van der Waals surface area contributed by atoms with Gasteiger partial charge in [-0.2, -0.15) is 0 Å². The Hall–Kier alpha value is -1.46. The summed E-state index contributed by atoms with van der Waals surface area (Å²) < 4.78 is 1.77. The maximum absolute atomic E-state index is 11.2. The zero-order chi connectivity index (χ0) is 15.6. The lowest BCUT2D eigenvalue weighted by Crippen LogP contribution is -2.30. The number of rotatable bonds is 4. The normalized spacial score (nSPS) is 24.8. The van der Waals surface area contributed by atoms with Gasteiger partial charge >= 0.3 is 5.97 Å². The van der Waals surface area contributed by atoms with E-state index in [-0.39, 0.29) is 17.9 Å². The summed E-state index contributed by atoms with van der Waals surface area (Å²) in [6.45, 7) is 8.39. The van der Waals surface area contributed by atoms with Crippen LogP contribution in [0.1, 0.15) is 77.6 Å². The molecule has 0 aliphatic heterocycles. The van der Waals surface area contributed by atoms with E-state index in [9.17, 15) is 9.90 Å². The summed E-state index contributed by atoms with van der Waals surface area (Å²) in [5, 5.41) is 21.4. The Morgan fingerprint density at radius 2 is 1.95 bits per heavy atom. The Balaban J connectivity index is 2.26. The standard InChI is InChI=1S/C15H26N4O2/c1-10-5-7-11(8-6-10)14-16-17-18-19(14)12(9-13(20)21)15(2,3)4/h10-12H,5-9H2,1-4H3,(H,20,21). The van der Waals surface area contributed by atoms with Gasteiger partial charge in [0.1, 0.15) is 0 Å². The highest BCUT2D eigenvalue weighted by Gasteiger charge is 2.34. The van der Waals surface area contributed by atoms with Crippen LogP contribution in [0.2, 0.25) is 0 Å². The number of tetrazole rings is 1. The summed E-state index contributed by atoms with van der Waals surface area (Å²) in [7, 11) is 0. The second-order valence-electron chi connectivity index (χ2n) is 7.42. The molecule has 0 radical (unpaired) electrons. The number of nitrogens with zero attached hydrogens (tertiary/aromatic N) is 4. The van der Waals surface area contributed by atoms with E-state index in [0.717, 1.165) is 24.6 Å². The minimum Gasteiger partial charge on any atom is -0.481 e. The third-order valence-electron chi connectivity index (χ3n) is 4.56. The van der Waals surface area contributed by atoms with Gasteiger partial charge in [0.2, 0.25) is 0 Å². The van der Waals surface area contributed by atoms with Crippen molar-refractivity contribution in [3.8, 4) is 0 Å². The average Bonchev–Trinajstić information content (AvgIpc) is 2.84. The SMILES string of the molecule is CC1CCC(c2nnnn2C(CC(=O)O)C(C)(C)C)CC1. The molecule has 0 aromatic carbocycles. The summed E-state index contributed by atoms with van der Waals surface area (Å²) in [4.78, 5) is 11.2. The minimum absolute atomic E-state index is 0.0463. The van der Waals surface area contributed by atoms with E-state index in [1.165, 1.54) is 12.8 Å². The second kappa shape index (κ2) is 6.12. The number of aromatic nitrogens is 4. The molecule has 1 aromatic rings. The Labute approximate surface area is 125 Å². The summed E-state index contributed by atoms with van der Waals surface area (Å²) in [5.41, 5.74) is -0.204. The van der Waals surface area contributed by atoms with E-state index >= 15 is 0 Å². The Morgan fingerprint density at radius 3 is 2.48 bits per heavy atom. The summed E-state index contributed by atoms with van der Waals surface area (Å²) in [6.07, 6.45) is 4.61. The molecule has 1 heterocycles. The lowest BCUT2D eigenvalue weighted by Gasteiger charge is -2.32. The van der Waals surface area contributed by atoms with E-state index in [1.807, 2.05) is 20.8 Å². The van der Waals surface area contributed by atoms with Crippen molar-refractivity contribution in [1.29, 1.82) is 0 Å². The fourth-order valence-corrected chi connectivity index (χ4v) is 3.13. The summed E-state index contributed by atoms with van der Waals surface area (Å²) in [6, 6.07) is -0.223. The highest BCUT2D eigenvalue weighted by molar-refractivity contribution is 5.67. The maximum Gasteiger partial charge on any atom is 0.305 e. The first kappa shape index (κ1) is 15.9. The molecule has 0 bridgehead atoms. The van der Waals surface area contributed by atoms with Gasteiger partial charge in [-0.15, -0.1) is 5.10 Å². The lowest BCUT2D eigenvalue weighted by molar-refractivity contribution is -0.138. The molecule has 0 amide bonds. The van der Waals surface area contributed by atoms with E-state index < -0.39 is 5.97 Å². The van der Waals surface area contributed by atoms with Crippen LogP contribution >= 0.6 is 0 Å². The predicted octanol–water partition coefficient (Wildman–Crippen LogP) is 3.03. The number of carboxylic acid groups (broad SMARTS) is 1.